The van der Waals surface area contributed by atoms with E-state index in [0.29, 0.717) is 43.1 Å². The van der Waals surface area contributed by atoms with Crippen LogP contribution >= 0.6 is 0 Å². The molecule has 0 bridgehead atoms. The van der Waals surface area contributed by atoms with Crippen LogP contribution in [-0.4, -0.2) is 49.0 Å². The largest absolute Gasteiger partial charge is 0.497 e. The van der Waals surface area contributed by atoms with E-state index in [9.17, 15) is 9.59 Å². The molecule has 1 atom stereocenters. The Kier molecular flexibility index (Phi) is 6.63. The number of hydrogen-bond acceptors (Lipinski definition) is 4. The van der Waals surface area contributed by atoms with Gasteiger partial charge in [-0.1, -0.05) is 18.2 Å². The lowest BCUT2D eigenvalue weighted by Crippen LogP contribution is -2.43. The number of ether oxygens (including phenoxy) is 2. The number of rotatable bonds is 7. The molecule has 168 valence electrons. The molecular weight excluding hydrogens is 406 g/mol. The van der Waals surface area contributed by atoms with Gasteiger partial charge in [0.1, 0.15) is 11.5 Å². The van der Waals surface area contributed by atoms with Crippen LogP contribution in [0.2, 0.25) is 0 Å². The van der Waals surface area contributed by atoms with Gasteiger partial charge in [0.25, 0.3) is 0 Å². The second-order valence-electron chi connectivity index (χ2n) is 8.13. The van der Waals surface area contributed by atoms with Crippen molar-refractivity contribution in [2.24, 2.45) is 5.92 Å². The van der Waals surface area contributed by atoms with Crippen molar-refractivity contribution in [3.8, 4) is 11.5 Å². The zero-order valence-electron chi connectivity index (χ0n) is 18.5. The Bertz CT molecular complexity index is 1090. The molecule has 1 aliphatic rings. The summed E-state index contributed by atoms with van der Waals surface area (Å²) in [6, 6.07) is 13.4. The number of carbonyl (C=O) groups excluding carboxylic acids is 2. The predicted octanol–water partition coefficient (Wildman–Crippen LogP) is 4.00. The van der Waals surface area contributed by atoms with Crippen LogP contribution in [-0.2, 0) is 16.0 Å². The highest BCUT2D eigenvalue weighted by atomic mass is 16.5. The van der Waals surface area contributed by atoms with Crippen molar-refractivity contribution in [3.63, 3.8) is 0 Å². The van der Waals surface area contributed by atoms with Gasteiger partial charge in [0.2, 0.25) is 11.8 Å². The Morgan fingerprint density at radius 1 is 1.12 bits per heavy atom. The average molecular weight is 436 g/mol. The van der Waals surface area contributed by atoms with E-state index in [4.69, 9.17) is 9.47 Å². The number of aromatic amines is 1. The second-order valence-corrected chi connectivity index (χ2v) is 8.13. The van der Waals surface area contributed by atoms with Crippen LogP contribution in [0.25, 0.3) is 10.9 Å². The Labute approximate surface area is 187 Å². The summed E-state index contributed by atoms with van der Waals surface area (Å²) in [5, 5.41) is 4.11. The van der Waals surface area contributed by atoms with Gasteiger partial charge >= 0.3 is 0 Å². The van der Waals surface area contributed by atoms with Gasteiger partial charge in [-0.15, -0.1) is 0 Å². The van der Waals surface area contributed by atoms with Crippen LogP contribution < -0.4 is 14.8 Å². The molecule has 1 saturated heterocycles. The average Bonchev–Trinajstić information content (AvgIpc) is 3.25. The number of anilines is 1. The number of nitrogens with one attached hydrogen (secondary N) is 2. The number of aryl methyl sites for hydroxylation is 1. The van der Waals surface area contributed by atoms with Crippen LogP contribution in [0.15, 0.2) is 48.7 Å². The maximum atomic E-state index is 12.9. The summed E-state index contributed by atoms with van der Waals surface area (Å²) in [6.07, 6.45) is 4.67. The zero-order valence-corrected chi connectivity index (χ0v) is 18.5. The number of fused-ring (bicyclic) bond motifs is 1. The number of hydrogen-bond donors (Lipinski definition) is 2. The summed E-state index contributed by atoms with van der Waals surface area (Å²) in [4.78, 5) is 30.9. The highest BCUT2D eigenvalue weighted by molar-refractivity contribution is 5.93. The fraction of sp³-hybridized carbons (Fsp3) is 0.360. The van der Waals surface area contributed by atoms with E-state index in [-0.39, 0.29) is 17.7 Å². The summed E-state index contributed by atoms with van der Waals surface area (Å²) in [5.41, 5.74) is 2.85. The Hall–Kier alpha value is -3.48. The normalized spacial score (nSPS) is 16.1. The number of piperidine rings is 1. The first kappa shape index (κ1) is 21.7. The van der Waals surface area contributed by atoms with Crippen molar-refractivity contribution in [1.29, 1.82) is 0 Å². The first-order valence-corrected chi connectivity index (χ1v) is 10.9. The molecule has 3 aromatic rings. The van der Waals surface area contributed by atoms with E-state index in [1.165, 1.54) is 0 Å². The molecule has 0 radical (unpaired) electrons. The quantitative estimate of drug-likeness (QED) is 0.588. The molecule has 1 aromatic heterocycles. The van der Waals surface area contributed by atoms with Crippen LogP contribution in [0.5, 0.6) is 11.5 Å². The molecule has 32 heavy (non-hydrogen) atoms. The highest BCUT2D eigenvalue weighted by Gasteiger charge is 2.28. The summed E-state index contributed by atoms with van der Waals surface area (Å²) in [5.74, 6) is 0.984. The molecule has 2 amide bonds. The lowest BCUT2D eigenvalue weighted by Gasteiger charge is -2.32. The lowest BCUT2D eigenvalue weighted by atomic mass is 9.96. The maximum absolute atomic E-state index is 12.9. The highest BCUT2D eigenvalue weighted by Crippen LogP contribution is 2.27. The zero-order chi connectivity index (χ0) is 22.5. The fourth-order valence-corrected chi connectivity index (χ4v) is 4.28. The van der Waals surface area contributed by atoms with E-state index in [1.807, 2.05) is 29.3 Å². The van der Waals surface area contributed by atoms with Gasteiger partial charge in [-0.25, -0.2) is 0 Å². The Morgan fingerprint density at radius 2 is 1.88 bits per heavy atom. The molecule has 0 unspecified atom stereocenters. The third-order valence-electron chi connectivity index (χ3n) is 6.05. The number of carbonyl (C=O) groups is 2. The lowest BCUT2D eigenvalue weighted by molar-refractivity contribution is -0.134. The van der Waals surface area contributed by atoms with Crippen LogP contribution in [0.4, 0.5) is 5.69 Å². The molecule has 0 saturated carbocycles. The number of methoxy groups -OCH3 is 2. The summed E-state index contributed by atoms with van der Waals surface area (Å²) in [6.45, 7) is 1.14. The second kappa shape index (κ2) is 9.77. The molecule has 0 aliphatic carbocycles. The van der Waals surface area contributed by atoms with Crippen LogP contribution in [0, 0.1) is 5.92 Å². The van der Waals surface area contributed by atoms with Gasteiger partial charge in [0.15, 0.2) is 0 Å². The van der Waals surface area contributed by atoms with Crippen molar-refractivity contribution in [2.45, 2.75) is 25.7 Å². The van der Waals surface area contributed by atoms with Crippen molar-refractivity contribution in [3.05, 3.63) is 54.2 Å². The third kappa shape index (κ3) is 4.88. The minimum atomic E-state index is -0.238. The first-order valence-electron chi connectivity index (χ1n) is 10.9. The predicted molar refractivity (Wildman–Crippen MR) is 124 cm³/mol. The Morgan fingerprint density at radius 3 is 2.62 bits per heavy atom. The van der Waals surface area contributed by atoms with E-state index in [0.717, 1.165) is 29.3 Å². The van der Waals surface area contributed by atoms with Crippen LogP contribution in [0.1, 0.15) is 24.8 Å². The number of aromatic nitrogens is 1. The van der Waals surface area contributed by atoms with Gasteiger partial charge in [0, 0.05) is 60.5 Å². The molecule has 0 spiro atoms. The molecule has 2 N–H and O–H groups in total. The number of amides is 2. The summed E-state index contributed by atoms with van der Waals surface area (Å²) >= 11 is 0. The van der Waals surface area contributed by atoms with E-state index >= 15 is 0 Å². The van der Waals surface area contributed by atoms with Gasteiger partial charge in [-0.05, 0) is 30.9 Å². The molecule has 7 heteroatoms. The summed E-state index contributed by atoms with van der Waals surface area (Å²) < 4.78 is 10.5. The molecule has 7 nitrogen and oxygen atoms in total. The number of nitrogens with zero attached hydrogens (tertiary/aromatic N) is 1. The van der Waals surface area contributed by atoms with Gasteiger partial charge in [-0.2, -0.15) is 0 Å². The molecule has 2 heterocycles. The molecular formula is C25H29N3O4. The van der Waals surface area contributed by atoms with Crippen LogP contribution in [0.3, 0.4) is 0 Å². The topological polar surface area (TPSA) is 83.7 Å². The summed E-state index contributed by atoms with van der Waals surface area (Å²) in [7, 11) is 3.14. The number of para-hydroxylation sites is 1. The van der Waals surface area contributed by atoms with Crippen molar-refractivity contribution >= 4 is 28.4 Å². The van der Waals surface area contributed by atoms with Crippen molar-refractivity contribution < 1.29 is 19.1 Å². The first-order chi connectivity index (χ1) is 15.6. The molecule has 1 aliphatic heterocycles. The smallest absolute Gasteiger partial charge is 0.229 e. The van der Waals surface area contributed by atoms with Gasteiger partial charge < -0.3 is 24.7 Å². The minimum absolute atomic E-state index is 0.0885. The van der Waals surface area contributed by atoms with E-state index in [2.05, 4.69) is 16.4 Å². The SMILES string of the molecule is COc1cc(NC(=O)[C@H]2CCCN(C(=O)CCc3c[nH]c4ccccc34)C2)cc(OC)c1. The number of likely N-dealkylation sites (tertiary alicyclic amines) is 1. The van der Waals surface area contributed by atoms with E-state index in [1.54, 1.807) is 32.4 Å². The van der Waals surface area contributed by atoms with Crippen molar-refractivity contribution in [2.75, 3.05) is 32.6 Å². The standard InChI is InChI=1S/C25H29N3O4/c1-31-20-12-19(13-21(14-20)32-2)27-25(30)18-6-5-11-28(16-18)24(29)10-9-17-15-26-23-8-4-3-7-22(17)23/h3-4,7-8,12-15,18,26H,5-6,9-11,16H2,1-2H3,(H,27,30)/t18-/m0/s1. The molecule has 1 fully saturated rings. The van der Waals surface area contributed by atoms with Crippen molar-refractivity contribution in [1.82, 2.24) is 9.88 Å². The Balaban J connectivity index is 1.35. The number of H-pyrrole nitrogens is 1. The monoisotopic (exact) mass is 435 g/mol. The third-order valence-corrected chi connectivity index (χ3v) is 6.05. The van der Waals surface area contributed by atoms with Gasteiger partial charge in [-0.3, -0.25) is 9.59 Å². The minimum Gasteiger partial charge on any atom is -0.497 e. The maximum Gasteiger partial charge on any atom is 0.229 e. The molecule has 4 rings (SSSR count). The van der Waals surface area contributed by atoms with Gasteiger partial charge in [0.05, 0.1) is 20.1 Å². The van der Waals surface area contributed by atoms with E-state index < -0.39 is 0 Å². The molecule has 2 aromatic carbocycles. The fourth-order valence-electron chi connectivity index (χ4n) is 4.28. The number of benzene rings is 2.